The van der Waals surface area contributed by atoms with E-state index in [4.69, 9.17) is 5.73 Å². The third-order valence-electron chi connectivity index (χ3n) is 2.67. The lowest BCUT2D eigenvalue weighted by Crippen LogP contribution is -2.41. The molecule has 0 saturated carbocycles. The molecule has 2 unspecified atom stereocenters. The first-order valence-electron chi connectivity index (χ1n) is 5.86. The molecule has 3 N–H and O–H groups in total. The number of halogens is 1. The van der Waals surface area contributed by atoms with Gasteiger partial charge in [0.2, 0.25) is 5.91 Å². The van der Waals surface area contributed by atoms with E-state index in [0.29, 0.717) is 0 Å². The number of carbonyl (C=O) groups excluding carboxylic acids is 1. The Bertz CT molecular complexity index is 364. The second kappa shape index (κ2) is 6.77. The molecule has 2 atom stereocenters. The summed E-state index contributed by atoms with van der Waals surface area (Å²) in [5.74, 6) is -0.0812. The van der Waals surface area contributed by atoms with E-state index < -0.39 is 6.04 Å². The number of rotatable bonds is 5. The smallest absolute Gasteiger partial charge is 0.237 e. The topological polar surface area (TPSA) is 55.1 Å². The Hall–Kier alpha value is -0.870. The molecule has 0 aromatic heterocycles. The fourth-order valence-electron chi connectivity index (χ4n) is 1.60. The Balaban J connectivity index is 2.57. The van der Waals surface area contributed by atoms with Crippen LogP contribution in [-0.4, -0.2) is 11.9 Å². The van der Waals surface area contributed by atoms with Crippen molar-refractivity contribution in [2.75, 3.05) is 0 Å². The maximum absolute atomic E-state index is 11.7. The maximum atomic E-state index is 11.7. The van der Waals surface area contributed by atoms with Crippen molar-refractivity contribution in [2.45, 2.75) is 38.8 Å². The minimum absolute atomic E-state index is 0.0153. The van der Waals surface area contributed by atoms with Crippen molar-refractivity contribution >= 4 is 21.8 Å². The van der Waals surface area contributed by atoms with Gasteiger partial charge in [-0.05, 0) is 31.0 Å². The molecule has 17 heavy (non-hydrogen) atoms. The number of nitrogens with one attached hydrogen (secondary N) is 1. The lowest BCUT2D eigenvalue weighted by atomic mass is 10.1. The highest BCUT2D eigenvalue weighted by Gasteiger charge is 2.15. The summed E-state index contributed by atoms with van der Waals surface area (Å²) in [4.78, 5) is 11.7. The fourth-order valence-corrected chi connectivity index (χ4v) is 1.86. The van der Waals surface area contributed by atoms with Crippen molar-refractivity contribution in [3.63, 3.8) is 0 Å². The molecule has 0 bridgehead atoms. The highest BCUT2D eigenvalue weighted by molar-refractivity contribution is 9.10. The first kappa shape index (κ1) is 14.2. The summed E-state index contributed by atoms with van der Waals surface area (Å²) in [6.07, 6.45) is 1.64. The van der Waals surface area contributed by atoms with Gasteiger partial charge < -0.3 is 11.1 Å². The zero-order chi connectivity index (χ0) is 12.8. The molecule has 4 heteroatoms. The molecular weight excluding hydrogens is 280 g/mol. The van der Waals surface area contributed by atoms with Crippen LogP contribution in [0.1, 0.15) is 38.3 Å². The minimum atomic E-state index is -0.405. The number of nitrogens with two attached hydrogens (primary N) is 1. The molecule has 0 radical (unpaired) electrons. The van der Waals surface area contributed by atoms with Crippen molar-refractivity contribution in [1.82, 2.24) is 5.32 Å². The summed E-state index contributed by atoms with van der Waals surface area (Å²) in [6.45, 7) is 3.98. The largest absolute Gasteiger partial charge is 0.348 e. The summed E-state index contributed by atoms with van der Waals surface area (Å²) < 4.78 is 1.03. The number of amides is 1. The Morgan fingerprint density at radius 1 is 1.41 bits per heavy atom. The molecular formula is C13H19BrN2O. The van der Waals surface area contributed by atoms with Gasteiger partial charge in [-0.3, -0.25) is 4.79 Å². The summed E-state index contributed by atoms with van der Waals surface area (Å²) in [6, 6.07) is 7.48. The van der Waals surface area contributed by atoms with Crippen LogP contribution in [0.5, 0.6) is 0 Å². The predicted molar refractivity (Wildman–Crippen MR) is 73.6 cm³/mol. The molecule has 1 rings (SSSR count). The first-order valence-corrected chi connectivity index (χ1v) is 6.65. The summed E-state index contributed by atoms with van der Waals surface area (Å²) in [5.41, 5.74) is 6.83. The van der Waals surface area contributed by atoms with Gasteiger partial charge in [0.25, 0.3) is 0 Å². The Labute approximate surface area is 111 Å². The third-order valence-corrected chi connectivity index (χ3v) is 3.19. The molecule has 0 saturated heterocycles. The van der Waals surface area contributed by atoms with E-state index in [9.17, 15) is 4.79 Å². The van der Waals surface area contributed by atoms with Crippen LogP contribution in [-0.2, 0) is 4.79 Å². The van der Waals surface area contributed by atoms with Gasteiger partial charge in [-0.2, -0.15) is 0 Å². The van der Waals surface area contributed by atoms with Crippen LogP contribution in [0.4, 0.5) is 0 Å². The van der Waals surface area contributed by atoms with E-state index in [1.165, 1.54) is 0 Å². The van der Waals surface area contributed by atoms with E-state index in [-0.39, 0.29) is 11.9 Å². The van der Waals surface area contributed by atoms with Crippen molar-refractivity contribution in [3.05, 3.63) is 34.3 Å². The zero-order valence-corrected chi connectivity index (χ0v) is 11.8. The molecule has 1 amide bonds. The quantitative estimate of drug-likeness (QED) is 0.878. The SMILES string of the molecule is CCCC(N)C(=O)NC(C)c1ccc(Br)cc1. The first-order chi connectivity index (χ1) is 8.04. The fraction of sp³-hybridized carbons (Fsp3) is 0.462. The molecule has 0 spiro atoms. The van der Waals surface area contributed by atoms with Gasteiger partial charge in [-0.25, -0.2) is 0 Å². The average Bonchev–Trinajstić information content (AvgIpc) is 2.30. The van der Waals surface area contributed by atoms with E-state index in [1.807, 2.05) is 38.1 Å². The monoisotopic (exact) mass is 298 g/mol. The predicted octanol–water partition coefficient (Wildman–Crippen LogP) is 2.75. The standard InChI is InChI=1S/C13H19BrN2O/c1-3-4-12(15)13(17)16-9(2)10-5-7-11(14)8-6-10/h5-9,12H,3-4,15H2,1-2H3,(H,16,17). The molecule has 1 aromatic rings. The number of benzene rings is 1. The van der Waals surface area contributed by atoms with Crippen LogP contribution in [0.25, 0.3) is 0 Å². The van der Waals surface area contributed by atoms with Gasteiger partial charge in [0.15, 0.2) is 0 Å². The Morgan fingerprint density at radius 3 is 2.53 bits per heavy atom. The van der Waals surface area contributed by atoms with Crippen LogP contribution in [0.3, 0.4) is 0 Å². The van der Waals surface area contributed by atoms with E-state index in [2.05, 4.69) is 21.2 Å². The van der Waals surface area contributed by atoms with E-state index in [0.717, 1.165) is 22.9 Å². The number of carbonyl (C=O) groups is 1. The van der Waals surface area contributed by atoms with Crippen LogP contribution >= 0.6 is 15.9 Å². The number of hydrogen-bond acceptors (Lipinski definition) is 2. The van der Waals surface area contributed by atoms with Gasteiger partial charge in [0, 0.05) is 4.47 Å². The van der Waals surface area contributed by atoms with Gasteiger partial charge in [-0.1, -0.05) is 41.4 Å². The van der Waals surface area contributed by atoms with Gasteiger partial charge in [-0.15, -0.1) is 0 Å². The van der Waals surface area contributed by atoms with Crippen LogP contribution in [0.15, 0.2) is 28.7 Å². The van der Waals surface area contributed by atoms with Crippen molar-refractivity contribution in [1.29, 1.82) is 0 Å². The molecule has 0 aliphatic heterocycles. The Kier molecular flexibility index (Phi) is 5.65. The van der Waals surface area contributed by atoms with Crippen molar-refractivity contribution in [3.8, 4) is 0 Å². The van der Waals surface area contributed by atoms with Crippen LogP contribution in [0, 0.1) is 0 Å². The maximum Gasteiger partial charge on any atom is 0.237 e. The molecule has 0 heterocycles. The van der Waals surface area contributed by atoms with Crippen molar-refractivity contribution < 1.29 is 4.79 Å². The summed E-state index contributed by atoms with van der Waals surface area (Å²) >= 11 is 3.38. The van der Waals surface area contributed by atoms with E-state index in [1.54, 1.807) is 0 Å². The molecule has 0 fully saturated rings. The number of hydrogen-bond donors (Lipinski definition) is 2. The van der Waals surface area contributed by atoms with Crippen molar-refractivity contribution in [2.24, 2.45) is 5.73 Å². The summed E-state index contributed by atoms with van der Waals surface area (Å²) in [7, 11) is 0. The highest BCUT2D eigenvalue weighted by atomic mass is 79.9. The molecule has 0 aliphatic carbocycles. The van der Waals surface area contributed by atoms with Gasteiger partial charge >= 0.3 is 0 Å². The van der Waals surface area contributed by atoms with Gasteiger partial charge in [0.05, 0.1) is 12.1 Å². The Morgan fingerprint density at radius 2 is 2.00 bits per heavy atom. The van der Waals surface area contributed by atoms with E-state index >= 15 is 0 Å². The zero-order valence-electron chi connectivity index (χ0n) is 10.2. The third kappa shape index (κ3) is 4.48. The lowest BCUT2D eigenvalue weighted by Gasteiger charge is -2.17. The molecule has 94 valence electrons. The highest BCUT2D eigenvalue weighted by Crippen LogP contribution is 2.16. The van der Waals surface area contributed by atoms with Crippen LogP contribution in [0.2, 0.25) is 0 Å². The average molecular weight is 299 g/mol. The second-order valence-electron chi connectivity index (χ2n) is 4.18. The molecule has 3 nitrogen and oxygen atoms in total. The van der Waals surface area contributed by atoms with Crippen LogP contribution < -0.4 is 11.1 Å². The second-order valence-corrected chi connectivity index (χ2v) is 5.09. The molecule has 1 aromatic carbocycles. The van der Waals surface area contributed by atoms with Gasteiger partial charge in [0.1, 0.15) is 0 Å². The minimum Gasteiger partial charge on any atom is -0.348 e. The summed E-state index contributed by atoms with van der Waals surface area (Å²) in [5, 5.41) is 2.92. The molecule has 0 aliphatic rings. The lowest BCUT2D eigenvalue weighted by molar-refractivity contribution is -0.123. The normalized spacial score (nSPS) is 14.1.